The molecule has 0 aliphatic heterocycles. The summed E-state index contributed by atoms with van der Waals surface area (Å²) in [5.41, 5.74) is 3.86. The quantitative estimate of drug-likeness (QED) is 0.781. The minimum absolute atomic E-state index is 0.224. The van der Waals surface area contributed by atoms with E-state index in [-0.39, 0.29) is 11.6 Å². The second kappa shape index (κ2) is 5.22. The topological polar surface area (TPSA) is 46.4 Å². The monoisotopic (exact) mass is 299 g/mol. The van der Waals surface area contributed by atoms with E-state index in [4.69, 9.17) is 11.6 Å². The molecule has 0 spiro atoms. The lowest BCUT2D eigenvalue weighted by Crippen LogP contribution is -2.13. The van der Waals surface area contributed by atoms with Crippen molar-refractivity contribution in [3.05, 3.63) is 64.4 Å². The van der Waals surface area contributed by atoms with E-state index in [1.165, 1.54) is 0 Å². The zero-order chi connectivity index (χ0) is 15.0. The number of fused-ring (bicyclic) bond motifs is 1. The van der Waals surface area contributed by atoms with E-state index in [1.54, 1.807) is 10.7 Å². The van der Waals surface area contributed by atoms with Crippen LogP contribution in [0.5, 0.6) is 0 Å². The van der Waals surface area contributed by atoms with Gasteiger partial charge in [-0.2, -0.15) is 5.10 Å². The van der Waals surface area contributed by atoms with Gasteiger partial charge in [0.05, 0.1) is 10.5 Å². The Morgan fingerprint density at radius 2 is 1.90 bits per heavy atom. The lowest BCUT2D eigenvalue weighted by atomic mass is 10.1. The largest absolute Gasteiger partial charge is 0.321 e. The van der Waals surface area contributed by atoms with Crippen LogP contribution in [0.1, 0.15) is 21.6 Å². The Bertz CT molecular complexity index is 818. The summed E-state index contributed by atoms with van der Waals surface area (Å²) >= 11 is 6.24. The first-order chi connectivity index (χ1) is 10.0. The molecule has 3 aromatic rings. The lowest BCUT2D eigenvalue weighted by molar-refractivity contribution is 0.102. The van der Waals surface area contributed by atoms with Crippen molar-refractivity contribution in [1.82, 2.24) is 9.61 Å². The van der Waals surface area contributed by atoms with Gasteiger partial charge in [0.2, 0.25) is 0 Å². The first-order valence-corrected chi connectivity index (χ1v) is 6.95. The summed E-state index contributed by atoms with van der Waals surface area (Å²) in [4.78, 5) is 12.4. The smallest absolute Gasteiger partial charge is 0.277 e. The Morgan fingerprint density at radius 1 is 1.19 bits per heavy atom. The highest BCUT2D eigenvalue weighted by atomic mass is 35.5. The molecule has 106 valence electrons. The van der Waals surface area contributed by atoms with E-state index in [1.807, 2.05) is 50.2 Å². The van der Waals surface area contributed by atoms with Crippen LogP contribution in [0, 0.1) is 13.8 Å². The maximum atomic E-state index is 12.4. The first-order valence-electron chi connectivity index (χ1n) is 6.57. The number of aryl methyl sites for hydroxylation is 2. The summed E-state index contributed by atoms with van der Waals surface area (Å²) in [5, 5.41) is 7.43. The number of anilines is 1. The number of halogens is 1. The van der Waals surface area contributed by atoms with Gasteiger partial charge in [-0.1, -0.05) is 23.7 Å². The number of hydrogen-bond donors (Lipinski definition) is 1. The summed E-state index contributed by atoms with van der Waals surface area (Å²) < 4.78 is 1.60. The number of nitrogens with one attached hydrogen (secondary N) is 1. The van der Waals surface area contributed by atoms with Crippen LogP contribution in [-0.2, 0) is 0 Å². The minimum Gasteiger partial charge on any atom is -0.321 e. The van der Waals surface area contributed by atoms with Crippen molar-refractivity contribution in [1.29, 1.82) is 0 Å². The van der Waals surface area contributed by atoms with Crippen molar-refractivity contribution in [2.45, 2.75) is 13.8 Å². The van der Waals surface area contributed by atoms with Gasteiger partial charge in [-0.05, 0) is 49.2 Å². The number of amides is 1. The van der Waals surface area contributed by atoms with Crippen molar-refractivity contribution in [3.63, 3.8) is 0 Å². The molecular weight excluding hydrogens is 286 g/mol. The standard InChI is InChI=1S/C16H14ClN3O/c1-10-7-11(2)9-12(8-10)18-16(21)15-14(17)13-5-3-4-6-20(13)19-15/h3-9H,1-2H3,(H,18,21). The van der Waals surface area contributed by atoms with Crippen LogP contribution in [0.25, 0.3) is 5.52 Å². The van der Waals surface area contributed by atoms with Gasteiger partial charge < -0.3 is 5.32 Å². The second-order valence-corrected chi connectivity index (χ2v) is 5.40. The molecule has 2 aromatic heterocycles. The summed E-state index contributed by atoms with van der Waals surface area (Å²) in [6.45, 7) is 3.97. The molecule has 0 aliphatic rings. The molecule has 0 saturated carbocycles. The van der Waals surface area contributed by atoms with Crippen molar-refractivity contribution in [2.75, 3.05) is 5.32 Å². The highest BCUT2D eigenvalue weighted by Gasteiger charge is 2.17. The Morgan fingerprint density at radius 3 is 2.57 bits per heavy atom. The predicted molar refractivity (Wildman–Crippen MR) is 84.1 cm³/mol. The molecular formula is C16H14ClN3O. The SMILES string of the molecule is Cc1cc(C)cc(NC(=O)c2nn3ccccc3c2Cl)c1. The molecule has 3 rings (SSSR count). The third kappa shape index (κ3) is 2.62. The second-order valence-electron chi connectivity index (χ2n) is 5.02. The Hall–Kier alpha value is -2.33. The number of carbonyl (C=O) groups is 1. The van der Waals surface area contributed by atoms with Gasteiger partial charge in [-0.15, -0.1) is 0 Å². The van der Waals surface area contributed by atoms with Crippen molar-refractivity contribution in [2.24, 2.45) is 0 Å². The van der Waals surface area contributed by atoms with Crippen LogP contribution in [-0.4, -0.2) is 15.5 Å². The van der Waals surface area contributed by atoms with Gasteiger partial charge in [0.15, 0.2) is 5.69 Å². The molecule has 0 radical (unpaired) electrons. The molecule has 2 heterocycles. The summed E-state index contributed by atoms with van der Waals surface area (Å²) in [5.74, 6) is -0.311. The molecule has 1 amide bonds. The molecule has 0 unspecified atom stereocenters. The van der Waals surface area contributed by atoms with Crippen molar-refractivity contribution < 1.29 is 4.79 Å². The fourth-order valence-electron chi connectivity index (χ4n) is 2.35. The van der Waals surface area contributed by atoms with E-state index in [0.717, 1.165) is 16.8 Å². The van der Waals surface area contributed by atoms with Crippen LogP contribution >= 0.6 is 11.6 Å². The third-order valence-corrected chi connectivity index (χ3v) is 3.55. The number of aromatic nitrogens is 2. The molecule has 4 nitrogen and oxygen atoms in total. The van der Waals surface area contributed by atoms with E-state index in [2.05, 4.69) is 10.4 Å². The summed E-state index contributed by atoms with van der Waals surface area (Å²) in [6.07, 6.45) is 1.76. The Kier molecular flexibility index (Phi) is 3.39. The van der Waals surface area contributed by atoms with Gasteiger partial charge in [0.25, 0.3) is 5.91 Å². The van der Waals surface area contributed by atoms with Crippen LogP contribution in [0.3, 0.4) is 0 Å². The van der Waals surface area contributed by atoms with Gasteiger partial charge in [-0.25, -0.2) is 4.52 Å². The Balaban J connectivity index is 1.95. The van der Waals surface area contributed by atoms with E-state index < -0.39 is 0 Å². The average molecular weight is 300 g/mol. The van der Waals surface area contributed by atoms with E-state index in [9.17, 15) is 4.79 Å². The van der Waals surface area contributed by atoms with Crippen LogP contribution < -0.4 is 5.32 Å². The molecule has 0 atom stereocenters. The molecule has 1 N–H and O–H groups in total. The summed E-state index contributed by atoms with van der Waals surface area (Å²) in [6, 6.07) is 11.4. The van der Waals surface area contributed by atoms with Crippen molar-refractivity contribution >= 4 is 28.7 Å². The number of rotatable bonds is 2. The van der Waals surface area contributed by atoms with E-state index in [0.29, 0.717) is 10.5 Å². The highest BCUT2D eigenvalue weighted by Crippen LogP contribution is 2.23. The van der Waals surface area contributed by atoms with Crippen LogP contribution in [0.15, 0.2) is 42.6 Å². The van der Waals surface area contributed by atoms with Crippen LogP contribution in [0.2, 0.25) is 5.02 Å². The number of nitrogens with zero attached hydrogens (tertiary/aromatic N) is 2. The molecule has 5 heteroatoms. The fraction of sp³-hybridized carbons (Fsp3) is 0.125. The maximum Gasteiger partial charge on any atom is 0.277 e. The normalized spacial score (nSPS) is 10.8. The van der Waals surface area contributed by atoms with Crippen molar-refractivity contribution in [3.8, 4) is 0 Å². The maximum absolute atomic E-state index is 12.4. The highest BCUT2D eigenvalue weighted by molar-refractivity contribution is 6.37. The summed E-state index contributed by atoms with van der Waals surface area (Å²) in [7, 11) is 0. The average Bonchev–Trinajstić information content (AvgIpc) is 2.76. The minimum atomic E-state index is -0.311. The zero-order valence-corrected chi connectivity index (χ0v) is 12.5. The Labute approximate surface area is 127 Å². The number of hydrogen-bond acceptors (Lipinski definition) is 2. The lowest BCUT2D eigenvalue weighted by Gasteiger charge is -2.06. The third-order valence-electron chi connectivity index (χ3n) is 3.17. The fourth-order valence-corrected chi connectivity index (χ4v) is 2.62. The first kappa shape index (κ1) is 13.6. The number of pyridine rings is 1. The van der Waals surface area contributed by atoms with Gasteiger partial charge in [0.1, 0.15) is 0 Å². The molecule has 0 saturated heterocycles. The number of carbonyl (C=O) groups excluding carboxylic acids is 1. The zero-order valence-electron chi connectivity index (χ0n) is 11.7. The van der Waals surface area contributed by atoms with Gasteiger partial charge in [0, 0.05) is 11.9 Å². The van der Waals surface area contributed by atoms with Gasteiger partial charge >= 0.3 is 0 Å². The molecule has 0 aliphatic carbocycles. The van der Waals surface area contributed by atoms with Gasteiger partial charge in [-0.3, -0.25) is 4.79 Å². The molecule has 0 fully saturated rings. The van der Waals surface area contributed by atoms with Crippen LogP contribution in [0.4, 0.5) is 5.69 Å². The number of benzene rings is 1. The van der Waals surface area contributed by atoms with E-state index >= 15 is 0 Å². The molecule has 1 aromatic carbocycles. The molecule has 21 heavy (non-hydrogen) atoms. The predicted octanol–water partition coefficient (Wildman–Crippen LogP) is 3.86. The molecule has 0 bridgehead atoms.